The van der Waals surface area contributed by atoms with Crippen LogP contribution in [-0.2, 0) is 22.6 Å². The molecular weight excluding hydrogens is 348 g/mol. The average molecular weight is 370 g/mol. The molecule has 0 bridgehead atoms. The van der Waals surface area contributed by atoms with Crippen molar-refractivity contribution in [3.05, 3.63) is 65.2 Å². The van der Waals surface area contributed by atoms with Gasteiger partial charge in [-0.2, -0.15) is 0 Å². The van der Waals surface area contributed by atoms with E-state index in [1.54, 1.807) is 11.3 Å². The van der Waals surface area contributed by atoms with Gasteiger partial charge in [0.15, 0.2) is 5.76 Å². The van der Waals surface area contributed by atoms with Gasteiger partial charge in [0.1, 0.15) is 12.3 Å². The van der Waals surface area contributed by atoms with Crippen LogP contribution in [0.2, 0.25) is 0 Å². The number of benzene rings is 1. The minimum atomic E-state index is -0.118. The third-order valence-corrected chi connectivity index (χ3v) is 4.81. The zero-order chi connectivity index (χ0) is 18.2. The Bertz CT molecular complexity index is 800. The molecule has 1 amide bonds. The molecular formula is C20H22N2O3S. The molecule has 136 valence electrons. The zero-order valence-electron chi connectivity index (χ0n) is 14.7. The first kappa shape index (κ1) is 18.4. The Morgan fingerprint density at radius 2 is 2.12 bits per heavy atom. The lowest BCUT2D eigenvalue weighted by Crippen LogP contribution is -2.35. The van der Waals surface area contributed by atoms with Gasteiger partial charge in [0.05, 0.1) is 11.5 Å². The fourth-order valence-corrected chi connectivity index (χ4v) is 3.25. The molecule has 0 aliphatic heterocycles. The van der Waals surface area contributed by atoms with Crippen molar-refractivity contribution >= 4 is 17.2 Å². The van der Waals surface area contributed by atoms with Crippen molar-refractivity contribution in [3.63, 3.8) is 0 Å². The number of nitrogens with one attached hydrogen (secondary N) is 1. The van der Waals surface area contributed by atoms with Gasteiger partial charge in [0.25, 0.3) is 0 Å². The first-order chi connectivity index (χ1) is 12.7. The lowest BCUT2D eigenvalue weighted by Gasteiger charge is -2.13. The second-order valence-electron chi connectivity index (χ2n) is 6.15. The van der Waals surface area contributed by atoms with E-state index in [1.807, 2.05) is 48.7 Å². The molecule has 0 saturated heterocycles. The standard InChI is InChI=1S/C20H22N2O3S/c1-15(9-10-16-6-3-2-4-7-16)21-20(23)14-24-13-17-12-18(25-22-17)19-8-5-11-26-19/h2-8,11-12,15H,9-10,13-14H2,1H3,(H,21,23)/t15-/m1/s1. The fourth-order valence-electron chi connectivity index (χ4n) is 2.58. The number of thiophene rings is 1. The number of amides is 1. The number of carbonyl (C=O) groups is 1. The maximum absolute atomic E-state index is 12.0. The SMILES string of the molecule is C[C@H](CCc1ccccc1)NC(=O)COCc1cc(-c2cccs2)on1. The second-order valence-corrected chi connectivity index (χ2v) is 7.09. The van der Waals surface area contributed by atoms with Gasteiger partial charge < -0.3 is 14.6 Å². The van der Waals surface area contributed by atoms with Crippen LogP contribution in [0.3, 0.4) is 0 Å². The van der Waals surface area contributed by atoms with Crippen molar-refractivity contribution in [2.45, 2.75) is 32.4 Å². The highest BCUT2D eigenvalue weighted by atomic mass is 32.1. The largest absolute Gasteiger partial charge is 0.365 e. The summed E-state index contributed by atoms with van der Waals surface area (Å²) in [6.45, 7) is 2.27. The molecule has 0 radical (unpaired) electrons. The Kier molecular flexibility index (Phi) is 6.57. The van der Waals surface area contributed by atoms with Crippen molar-refractivity contribution in [1.82, 2.24) is 10.5 Å². The summed E-state index contributed by atoms with van der Waals surface area (Å²) < 4.78 is 10.7. The lowest BCUT2D eigenvalue weighted by atomic mass is 10.1. The lowest BCUT2D eigenvalue weighted by molar-refractivity contribution is -0.126. The third kappa shape index (κ3) is 5.54. The maximum Gasteiger partial charge on any atom is 0.246 e. The van der Waals surface area contributed by atoms with Crippen LogP contribution in [0.5, 0.6) is 0 Å². The number of aryl methyl sites for hydroxylation is 1. The van der Waals surface area contributed by atoms with Crippen LogP contribution in [0.1, 0.15) is 24.6 Å². The van der Waals surface area contributed by atoms with E-state index in [1.165, 1.54) is 5.56 Å². The van der Waals surface area contributed by atoms with Crippen LogP contribution in [0.25, 0.3) is 10.6 Å². The molecule has 6 heteroatoms. The highest BCUT2D eigenvalue weighted by molar-refractivity contribution is 7.13. The molecule has 3 rings (SSSR count). The van der Waals surface area contributed by atoms with E-state index in [0.29, 0.717) is 5.69 Å². The molecule has 1 aromatic carbocycles. The van der Waals surface area contributed by atoms with Crippen molar-refractivity contribution in [2.24, 2.45) is 0 Å². The van der Waals surface area contributed by atoms with E-state index in [2.05, 4.69) is 22.6 Å². The van der Waals surface area contributed by atoms with E-state index in [4.69, 9.17) is 9.26 Å². The molecule has 0 saturated carbocycles. The van der Waals surface area contributed by atoms with Gasteiger partial charge in [0.2, 0.25) is 5.91 Å². The van der Waals surface area contributed by atoms with Gasteiger partial charge in [-0.15, -0.1) is 11.3 Å². The Hall–Kier alpha value is -2.44. The molecule has 0 unspecified atom stereocenters. The van der Waals surface area contributed by atoms with Crippen LogP contribution in [0.15, 0.2) is 58.4 Å². The summed E-state index contributed by atoms with van der Waals surface area (Å²) in [4.78, 5) is 13.0. The quantitative estimate of drug-likeness (QED) is 0.617. The summed E-state index contributed by atoms with van der Waals surface area (Å²) >= 11 is 1.59. The van der Waals surface area contributed by atoms with Crippen LogP contribution in [-0.4, -0.2) is 23.7 Å². The third-order valence-electron chi connectivity index (χ3n) is 3.92. The highest BCUT2D eigenvalue weighted by Gasteiger charge is 2.10. The van der Waals surface area contributed by atoms with Crippen molar-refractivity contribution in [3.8, 4) is 10.6 Å². The number of rotatable bonds is 9. The zero-order valence-corrected chi connectivity index (χ0v) is 15.5. The molecule has 26 heavy (non-hydrogen) atoms. The molecule has 1 N–H and O–H groups in total. The molecule has 0 aliphatic carbocycles. The minimum absolute atomic E-state index is 0.0108. The summed E-state index contributed by atoms with van der Waals surface area (Å²) in [5, 5.41) is 8.91. The summed E-state index contributed by atoms with van der Waals surface area (Å²) in [5.74, 6) is 0.602. The molecule has 0 spiro atoms. The monoisotopic (exact) mass is 370 g/mol. The molecule has 2 aromatic heterocycles. The maximum atomic E-state index is 12.0. The summed E-state index contributed by atoms with van der Waals surface area (Å²) in [6, 6.07) is 16.1. The summed E-state index contributed by atoms with van der Waals surface area (Å²) in [5.41, 5.74) is 1.95. The van der Waals surface area contributed by atoms with Crippen molar-refractivity contribution in [1.29, 1.82) is 0 Å². The molecule has 2 heterocycles. The molecule has 0 aliphatic rings. The Morgan fingerprint density at radius 3 is 2.88 bits per heavy atom. The highest BCUT2D eigenvalue weighted by Crippen LogP contribution is 2.25. The minimum Gasteiger partial charge on any atom is -0.365 e. The summed E-state index contributed by atoms with van der Waals surface area (Å²) in [7, 11) is 0. The molecule has 5 nitrogen and oxygen atoms in total. The predicted molar refractivity (Wildman–Crippen MR) is 102 cm³/mol. The Balaban J connectivity index is 1.35. The fraction of sp³-hybridized carbons (Fsp3) is 0.300. The van der Waals surface area contributed by atoms with Gasteiger partial charge in [-0.3, -0.25) is 4.79 Å². The summed E-state index contributed by atoms with van der Waals surface area (Å²) in [6.07, 6.45) is 1.83. The van der Waals surface area contributed by atoms with E-state index in [0.717, 1.165) is 23.5 Å². The number of ether oxygens (including phenoxy) is 1. The van der Waals surface area contributed by atoms with E-state index < -0.39 is 0 Å². The van der Waals surface area contributed by atoms with E-state index in [-0.39, 0.29) is 25.2 Å². The van der Waals surface area contributed by atoms with Gasteiger partial charge in [-0.25, -0.2) is 0 Å². The number of nitrogens with zero attached hydrogens (tertiary/aromatic N) is 1. The van der Waals surface area contributed by atoms with Crippen molar-refractivity contribution in [2.75, 3.05) is 6.61 Å². The Morgan fingerprint density at radius 1 is 1.27 bits per heavy atom. The molecule has 1 atom stereocenters. The smallest absolute Gasteiger partial charge is 0.246 e. The molecule has 0 fully saturated rings. The van der Waals surface area contributed by atoms with Gasteiger partial charge in [-0.05, 0) is 36.8 Å². The average Bonchev–Trinajstić information content (AvgIpc) is 3.32. The number of hydrogen-bond acceptors (Lipinski definition) is 5. The van der Waals surface area contributed by atoms with Gasteiger partial charge in [0, 0.05) is 12.1 Å². The predicted octanol–water partition coefficient (Wildman–Crippen LogP) is 4.06. The topological polar surface area (TPSA) is 64.4 Å². The number of hydrogen-bond donors (Lipinski definition) is 1. The van der Waals surface area contributed by atoms with E-state index >= 15 is 0 Å². The van der Waals surface area contributed by atoms with Crippen LogP contribution < -0.4 is 5.32 Å². The van der Waals surface area contributed by atoms with E-state index in [9.17, 15) is 4.79 Å². The van der Waals surface area contributed by atoms with Crippen molar-refractivity contribution < 1.29 is 14.1 Å². The second kappa shape index (κ2) is 9.31. The Labute approximate surface area is 157 Å². The first-order valence-corrected chi connectivity index (χ1v) is 9.49. The number of aromatic nitrogens is 1. The van der Waals surface area contributed by atoms with Crippen LogP contribution in [0.4, 0.5) is 0 Å². The first-order valence-electron chi connectivity index (χ1n) is 8.61. The molecule has 3 aromatic rings. The van der Waals surface area contributed by atoms with Gasteiger partial charge >= 0.3 is 0 Å². The van der Waals surface area contributed by atoms with Crippen LogP contribution >= 0.6 is 11.3 Å². The van der Waals surface area contributed by atoms with Gasteiger partial charge in [-0.1, -0.05) is 41.6 Å². The normalized spacial score (nSPS) is 12.0. The van der Waals surface area contributed by atoms with Crippen LogP contribution in [0, 0.1) is 0 Å². The number of carbonyl (C=O) groups excluding carboxylic acids is 1.